The highest BCUT2D eigenvalue weighted by molar-refractivity contribution is 9.10. The van der Waals surface area contributed by atoms with Crippen LogP contribution >= 0.6 is 15.9 Å². The van der Waals surface area contributed by atoms with E-state index in [4.69, 9.17) is 11.1 Å². The second kappa shape index (κ2) is 5.60. The normalized spacial score (nSPS) is 18.0. The van der Waals surface area contributed by atoms with E-state index in [2.05, 4.69) is 35.1 Å². The summed E-state index contributed by atoms with van der Waals surface area (Å²) in [5, 5.41) is 11.6. The van der Waals surface area contributed by atoms with Crippen LogP contribution in [0.15, 0.2) is 33.9 Å². The highest BCUT2D eigenvalue weighted by atomic mass is 79.9. The molecule has 0 aliphatic heterocycles. The first-order chi connectivity index (χ1) is 9.32. The topological polar surface area (TPSA) is 61.9 Å². The van der Waals surface area contributed by atoms with Gasteiger partial charge in [-0.2, -0.15) is 0 Å². The van der Waals surface area contributed by atoms with E-state index in [1.165, 1.54) is 0 Å². The van der Waals surface area contributed by atoms with Crippen LogP contribution in [0.3, 0.4) is 0 Å². The van der Waals surface area contributed by atoms with Crippen molar-refractivity contribution in [2.45, 2.75) is 33.1 Å². The van der Waals surface area contributed by atoms with E-state index in [0.717, 1.165) is 46.3 Å². The third-order valence-corrected chi connectivity index (χ3v) is 4.34. The summed E-state index contributed by atoms with van der Waals surface area (Å²) in [5.74, 6) is 0. The van der Waals surface area contributed by atoms with Gasteiger partial charge in [-0.05, 0) is 48.4 Å². The van der Waals surface area contributed by atoms with Crippen LogP contribution in [0.5, 0.6) is 0 Å². The molecule has 1 aromatic rings. The maximum Gasteiger partial charge on any atom is 0.0662 e. The molecule has 4 N–H and O–H groups in total. The third kappa shape index (κ3) is 3.23. The second-order valence-electron chi connectivity index (χ2n) is 6.20. The molecule has 0 saturated carbocycles. The minimum atomic E-state index is 0.251. The van der Waals surface area contributed by atoms with E-state index in [0.29, 0.717) is 5.71 Å². The van der Waals surface area contributed by atoms with Crippen LogP contribution in [0.2, 0.25) is 0 Å². The molecule has 1 aliphatic rings. The van der Waals surface area contributed by atoms with E-state index < -0.39 is 0 Å². The molecule has 0 atom stereocenters. The first-order valence-corrected chi connectivity index (χ1v) is 7.67. The van der Waals surface area contributed by atoms with Gasteiger partial charge in [0, 0.05) is 28.5 Å². The minimum absolute atomic E-state index is 0.251. The molecule has 2 rings (SSSR count). The molecule has 0 fully saturated rings. The lowest BCUT2D eigenvalue weighted by molar-refractivity contribution is 0.315. The molecule has 0 unspecified atom stereocenters. The van der Waals surface area contributed by atoms with Gasteiger partial charge in [-0.15, -0.1) is 0 Å². The van der Waals surface area contributed by atoms with Crippen LogP contribution in [0.25, 0.3) is 0 Å². The fourth-order valence-electron chi connectivity index (χ4n) is 2.67. The van der Waals surface area contributed by atoms with E-state index in [9.17, 15) is 0 Å². The van der Waals surface area contributed by atoms with Gasteiger partial charge >= 0.3 is 0 Å². The van der Waals surface area contributed by atoms with Crippen molar-refractivity contribution in [3.05, 3.63) is 39.5 Å². The molecule has 0 radical (unpaired) electrons. The molecule has 108 valence electrons. The molecule has 0 spiro atoms. The number of hydrogen-bond acceptors (Lipinski definition) is 3. The summed E-state index contributed by atoms with van der Waals surface area (Å²) < 4.78 is 0.972. The summed E-state index contributed by atoms with van der Waals surface area (Å²) in [5.41, 5.74) is 10.8. The quantitative estimate of drug-likeness (QED) is 0.722. The Kier molecular flexibility index (Phi) is 4.23. The van der Waals surface area contributed by atoms with Crippen LogP contribution in [0.1, 0.15) is 38.7 Å². The summed E-state index contributed by atoms with van der Waals surface area (Å²) >= 11 is 3.50. The molecular weight excluding hydrogens is 314 g/mol. The Labute approximate surface area is 129 Å². The van der Waals surface area contributed by atoms with Crippen molar-refractivity contribution >= 4 is 27.3 Å². The van der Waals surface area contributed by atoms with Gasteiger partial charge in [0.2, 0.25) is 0 Å². The maximum absolute atomic E-state index is 8.47. The average Bonchev–Trinajstić information content (AvgIpc) is 2.36. The maximum atomic E-state index is 8.47. The van der Waals surface area contributed by atoms with Crippen molar-refractivity contribution in [3.63, 3.8) is 0 Å². The number of hydrogen-bond donors (Lipinski definition) is 3. The van der Waals surface area contributed by atoms with Gasteiger partial charge in [0.15, 0.2) is 0 Å². The van der Waals surface area contributed by atoms with Crippen LogP contribution in [-0.2, 0) is 0 Å². The van der Waals surface area contributed by atoms with Gasteiger partial charge in [0.1, 0.15) is 0 Å². The number of rotatable bonds is 3. The zero-order chi connectivity index (χ0) is 14.9. The molecule has 1 aromatic carbocycles. The number of allylic oxidation sites excluding steroid dienone is 2. The summed E-state index contributed by atoms with van der Waals surface area (Å²) in [6.07, 6.45) is 2.84. The van der Waals surface area contributed by atoms with Crippen LogP contribution in [0, 0.1) is 10.8 Å². The van der Waals surface area contributed by atoms with Gasteiger partial charge in [0.25, 0.3) is 0 Å². The van der Waals surface area contributed by atoms with Crippen molar-refractivity contribution in [3.8, 4) is 0 Å². The Morgan fingerprint density at radius 3 is 2.65 bits per heavy atom. The molecule has 0 heterocycles. The van der Waals surface area contributed by atoms with Crippen molar-refractivity contribution in [2.75, 3.05) is 12.4 Å². The second-order valence-corrected chi connectivity index (χ2v) is 7.11. The fraction of sp³-hybridized carbons (Fsp3) is 0.438. The summed E-state index contributed by atoms with van der Waals surface area (Å²) in [6.45, 7) is 4.47. The number of nitrogens with one attached hydrogen (secondary N) is 2. The zero-order valence-electron chi connectivity index (χ0n) is 12.3. The smallest absolute Gasteiger partial charge is 0.0662 e. The predicted octanol–water partition coefficient (Wildman–Crippen LogP) is 4.28. The van der Waals surface area contributed by atoms with Gasteiger partial charge in [-0.3, -0.25) is 5.41 Å². The molecule has 0 saturated heterocycles. The van der Waals surface area contributed by atoms with Crippen LogP contribution in [-0.4, -0.2) is 12.8 Å². The average molecular weight is 336 g/mol. The van der Waals surface area contributed by atoms with E-state index in [-0.39, 0.29) is 5.41 Å². The number of nitrogens with two attached hydrogens (primary N) is 1. The molecular formula is C16H22BrN3. The highest BCUT2D eigenvalue weighted by Crippen LogP contribution is 2.38. The lowest BCUT2D eigenvalue weighted by Gasteiger charge is -2.32. The summed E-state index contributed by atoms with van der Waals surface area (Å²) in [4.78, 5) is 0. The lowest BCUT2D eigenvalue weighted by Crippen LogP contribution is -2.25. The first-order valence-electron chi connectivity index (χ1n) is 6.87. The Morgan fingerprint density at radius 1 is 1.35 bits per heavy atom. The number of anilines is 1. The number of halogens is 1. The molecule has 20 heavy (non-hydrogen) atoms. The van der Waals surface area contributed by atoms with E-state index in [1.807, 2.05) is 25.2 Å². The molecule has 1 aliphatic carbocycles. The van der Waals surface area contributed by atoms with Gasteiger partial charge in [-0.1, -0.05) is 29.8 Å². The molecule has 0 aromatic heterocycles. The van der Waals surface area contributed by atoms with Crippen molar-refractivity contribution < 1.29 is 0 Å². The highest BCUT2D eigenvalue weighted by Gasteiger charge is 2.27. The summed E-state index contributed by atoms with van der Waals surface area (Å²) in [6, 6.07) is 5.97. The monoisotopic (exact) mass is 335 g/mol. The van der Waals surface area contributed by atoms with Gasteiger partial charge in [0.05, 0.1) is 5.71 Å². The largest absolute Gasteiger partial charge is 0.402 e. The van der Waals surface area contributed by atoms with Crippen molar-refractivity contribution in [2.24, 2.45) is 11.1 Å². The Morgan fingerprint density at radius 2 is 2.05 bits per heavy atom. The van der Waals surface area contributed by atoms with E-state index >= 15 is 0 Å². The first kappa shape index (κ1) is 15.1. The molecule has 3 nitrogen and oxygen atoms in total. The molecule has 0 bridgehead atoms. The minimum Gasteiger partial charge on any atom is -0.402 e. The Balaban J connectivity index is 2.35. The Hall–Kier alpha value is -1.29. The molecule has 4 heteroatoms. The van der Waals surface area contributed by atoms with Crippen LogP contribution < -0.4 is 11.1 Å². The zero-order valence-corrected chi connectivity index (χ0v) is 13.9. The number of benzene rings is 1. The third-order valence-electron chi connectivity index (χ3n) is 3.89. The predicted molar refractivity (Wildman–Crippen MR) is 89.4 cm³/mol. The van der Waals surface area contributed by atoms with Crippen molar-refractivity contribution in [1.29, 1.82) is 5.41 Å². The fourth-order valence-corrected chi connectivity index (χ4v) is 3.17. The summed E-state index contributed by atoms with van der Waals surface area (Å²) in [7, 11) is 1.88. The van der Waals surface area contributed by atoms with Gasteiger partial charge in [-0.25, -0.2) is 0 Å². The molecule has 0 amide bonds. The lowest BCUT2D eigenvalue weighted by atomic mass is 9.75. The van der Waals surface area contributed by atoms with Gasteiger partial charge < -0.3 is 11.1 Å². The standard InChI is InChI=1S/C16H22BrN3/c1-16(2)5-4-13(14(18)9-16)15(19)10-6-11(17)8-12(7-10)20-3/h6-8,19-20H,4-5,9,18H2,1-3H3. The SMILES string of the molecule is CNc1cc(Br)cc(C(=N)C2=C(N)CC(C)(C)CC2)c1. The van der Waals surface area contributed by atoms with Crippen molar-refractivity contribution in [1.82, 2.24) is 0 Å². The van der Waals surface area contributed by atoms with Crippen LogP contribution in [0.4, 0.5) is 5.69 Å². The van der Waals surface area contributed by atoms with E-state index in [1.54, 1.807) is 0 Å². The Bertz CT molecular complexity index is 573.